The van der Waals surface area contributed by atoms with Crippen molar-refractivity contribution in [1.29, 1.82) is 0 Å². The van der Waals surface area contributed by atoms with E-state index in [1.165, 1.54) is 0 Å². The van der Waals surface area contributed by atoms with Crippen LogP contribution in [0.5, 0.6) is 0 Å². The normalized spacial score (nSPS) is 14.5. The number of rotatable bonds is 4. The summed E-state index contributed by atoms with van der Waals surface area (Å²) in [5.74, 6) is -0.772. The Bertz CT molecular complexity index is 143. The molecule has 0 fully saturated rings. The fourth-order valence-corrected chi connectivity index (χ4v) is 1.15. The van der Waals surface area contributed by atoms with E-state index in [0.717, 1.165) is 12.8 Å². The van der Waals surface area contributed by atoms with Crippen LogP contribution in [0.15, 0.2) is 0 Å². The van der Waals surface area contributed by atoms with Crippen molar-refractivity contribution in [3.8, 4) is 0 Å². The van der Waals surface area contributed by atoms with Crippen LogP contribution in [-0.4, -0.2) is 16.3 Å². The van der Waals surface area contributed by atoms with Crippen LogP contribution in [0.2, 0.25) is 0 Å². The summed E-state index contributed by atoms with van der Waals surface area (Å²) >= 11 is 4.25. The molecule has 0 saturated heterocycles. The number of carboxylic acids is 1. The molecule has 0 amide bonds. The van der Waals surface area contributed by atoms with Crippen molar-refractivity contribution in [1.82, 2.24) is 0 Å². The second-order valence-corrected chi connectivity index (χ2v) is 3.95. The third-order valence-corrected chi connectivity index (χ3v) is 2.85. The van der Waals surface area contributed by atoms with Crippen LogP contribution in [0.25, 0.3) is 0 Å². The Kier molecular flexibility index (Phi) is 3.93. The molecule has 1 atom stereocenters. The van der Waals surface area contributed by atoms with Gasteiger partial charge in [0.1, 0.15) is 0 Å². The maximum Gasteiger partial charge on any atom is 0.310 e. The fourth-order valence-electron chi connectivity index (χ4n) is 0.777. The van der Waals surface area contributed by atoms with Gasteiger partial charge in [-0.3, -0.25) is 4.79 Å². The topological polar surface area (TPSA) is 37.3 Å². The first kappa shape index (κ1) is 10.8. The molecule has 1 unspecified atom stereocenters. The smallest absolute Gasteiger partial charge is 0.310 e. The van der Waals surface area contributed by atoms with Gasteiger partial charge in [-0.05, 0) is 20.3 Å². The summed E-state index contributed by atoms with van der Waals surface area (Å²) in [7, 11) is 0. The van der Waals surface area contributed by atoms with E-state index in [-0.39, 0.29) is 5.25 Å². The molecular weight excluding hydrogens is 160 g/mol. The van der Waals surface area contributed by atoms with E-state index >= 15 is 0 Å². The molecule has 0 aromatic heterocycles. The second kappa shape index (κ2) is 4.00. The Morgan fingerprint density at radius 1 is 1.64 bits per heavy atom. The molecule has 0 aliphatic heterocycles. The number of hydrogen-bond acceptors (Lipinski definition) is 2. The summed E-state index contributed by atoms with van der Waals surface area (Å²) < 4.78 is 0. The molecule has 0 heterocycles. The third-order valence-electron chi connectivity index (χ3n) is 1.95. The number of carbonyl (C=O) groups is 1. The van der Waals surface area contributed by atoms with Crippen LogP contribution in [0, 0.1) is 5.41 Å². The van der Waals surface area contributed by atoms with Crippen molar-refractivity contribution in [3.05, 3.63) is 0 Å². The van der Waals surface area contributed by atoms with Crippen molar-refractivity contribution in [2.75, 3.05) is 0 Å². The van der Waals surface area contributed by atoms with Crippen molar-refractivity contribution in [3.63, 3.8) is 0 Å². The van der Waals surface area contributed by atoms with Crippen molar-refractivity contribution >= 4 is 18.6 Å². The minimum absolute atomic E-state index is 0.0509. The lowest BCUT2D eigenvalue weighted by Gasteiger charge is -2.25. The molecule has 0 bridgehead atoms. The molecule has 0 aromatic carbocycles. The van der Waals surface area contributed by atoms with E-state index in [0.29, 0.717) is 0 Å². The van der Waals surface area contributed by atoms with Gasteiger partial charge in [-0.15, -0.1) is 0 Å². The predicted octanol–water partition coefficient (Wildman–Crippen LogP) is 2.20. The largest absolute Gasteiger partial charge is 0.481 e. The molecule has 11 heavy (non-hydrogen) atoms. The molecule has 0 radical (unpaired) electrons. The first-order valence-electron chi connectivity index (χ1n) is 3.84. The molecule has 2 nitrogen and oxygen atoms in total. The zero-order valence-corrected chi connectivity index (χ0v) is 8.19. The van der Waals surface area contributed by atoms with Crippen molar-refractivity contribution < 1.29 is 9.90 Å². The van der Waals surface area contributed by atoms with Gasteiger partial charge in [0.15, 0.2) is 0 Å². The number of thiol groups is 1. The molecule has 0 rings (SSSR count). The summed E-state index contributed by atoms with van der Waals surface area (Å²) in [4.78, 5) is 10.7. The lowest BCUT2D eigenvalue weighted by Crippen LogP contribution is -2.33. The van der Waals surface area contributed by atoms with E-state index in [1.807, 2.05) is 6.92 Å². The predicted molar refractivity (Wildman–Crippen MR) is 49.1 cm³/mol. The zero-order valence-electron chi connectivity index (χ0n) is 7.29. The van der Waals surface area contributed by atoms with E-state index in [9.17, 15) is 4.79 Å². The molecular formula is C8H16O2S. The standard InChI is InChI=1S/C8H16O2S/c1-4-5-6(11)8(2,3)7(9)10/h6,11H,4-5H2,1-3H3,(H,9,10). The molecule has 3 heteroatoms. The summed E-state index contributed by atoms with van der Waals surface area (Å²) in [6.07, 6.45) is 1.83. The maximum absolute atomic E-state index is 10.7. The number of aliphatic carboxylic acids is 1. The third kappa shape index (κ3) is 2.73. The SMILES string of the molecule is CCCC(S)C(C)(C)C(=O)O. The molecule has 66 valence electrons. The molecule has 0 aliphatic rings. The summed E-state index contributed by atoms with van der Waals surface area (Å²) in [6.45, 7) is 5.45. The van der Waals surface area contributed by atoms with Crippen LogP contribution in [0.4, 0.5) is 0 Å². The van der Waals surface area contributed by atoms with Gasteiger partial charge in [0.2, 0.25) is 0 Å². The van der Waals surface area contributed by atoms with Gasteiger partial charge in [-0.2, -0.15) is 12.6 Å². The Labute approximate surface area is 73.4 Å². The fraction of sp³-hybridized carbons (Fsp3) is 0.875. The highest BCUT2D eigenvalue weighted by Gasteiger charge is 2.33. The van der Waals surface area contributed by atoms with E-state index in [2.05, 4.69) is 12.6 Å². The van der Waals surface area contributed by atoms with Gasteiger partial charge in [0.05, 0.1) is 5.41 Å². The maximum atomic E-state index is 10.7. The number of hydrogen-bond donors (Lipinski definition) is 2. The molecule has 0 spiro atoms. The average Bonchev–Trinajstić information content (AvgIpc) is 1.88. The highest BCUT2D eigenvalue weighted by molar-refractivity contribution is 7.81. The first-order valence-corrected chi connectivity index (χ1v) is 4.36. The Balaban J connectivity index is 4.17. The molecule has 0 aliphatic carbocycles. The van der Waals surface area contributed by atoms with E-state index in [1.54, 1.807) is 13.8 Å². The van der Waals surface area contributed by atoms with Crippen molar-refractivity contribution in [2.24, 2.45) is 5.41 Å². The Morgan fingerprint density at radius 2 is 2.09 bits per heavy atom. The zero-order chi connectivity index (χ0) is 9.07. The minimum atomic E-state index is -0.772. The molecule has 0 saturated carbocycles. The van der Waals surface area contributed by atoms with Crippen molar-refractivity contribution in [2.45, 2.75) is 38.9 Å². The average molecular weight is 176 g/mol. The lowest BCUT2D eigenvalue weighted by atomic mass is 9.87. The Morgan fingerprint density at radius 3 is 2.36 bits per heavy atom. The monoisotopic (exact) mass is 176 g/mol. The highest BCUT2D eigenvalue weighted by atomic mass is 32.1. The van der Waals surface area contributed by atoms with Crippen LogP contribution in [-0.2, 0) is 4.79 Å². The summed E-state index contributed by atoms with van der Waals surface area (Å²) in [5.41, 5.74) is -0.709. The summed E-state index contributed by atoms with van der Waals surface area (Å²) in [6, 6.07) is 0. The van der Waals surface area contributed by atoms with Gasteiger partial charge in [0.25, 0.3) is 0 Å². The van der Waals surface area contributed by atoms with E-state index in [4.69, 9.17) is 5.11 Å². The minimum Gasteiger partial charge on any atom is -0.481 e. The number of carboxylic acid groups (broad SMARTS) is 1. The van der Waals surface area contributed by atoms with Crippen LogP contribution in [0.1, 0.15) is 33.6 Å². The lowest BCUT2D eigenvalue weighted by molar-refractivity contribution is -0.146. The Hall–Kier alpha value is -0.180. The van der Waals surface area contributed by atoms with Gasteiger partial charge < -0.3 is 5.11 Å². The van der Waals surface area contributed by atoms with Crippen LogP contribution in [0.3, 0.4) is 0 Å². The quantitative estimate of drug-likeness (QED) is 0.644. The summed E-state index contributed by atoms with van der Waals surface area (Å²) in [5, 5.41) is 8.74. The second-order valence-electron chi connectivity index (χ2n) is 3.33. The van der Waals surface area contributed by atoms with Gasteiger partial charge in [-0.25, -0.2) is 0 Å². The van der Waals surface area contributed by atoms with Crippen LogP contribution < -0.4 is 0 Å². The van der Waals surface area contributed by atoms with Gasteiger partial charge >= 0.3 is 5.97 Å². The first-order chi connectivity index (χ1) is 4.92. The van der Waals surface area contributed by atoms with Gasteiger partial charge in [-0.1, -0.05) is 13.3 Å². The highest BCUT2D eigenvalue weighted by Crippen LogP contribution is 2.28. The molecule has 0 aromatic rings. The van der Waals surface area contributed by atoms with Crippen LogP contribution >= 0.6 is 12.6 Å². The molecule has 1 N–H and O–H groups in total. The van der Waals surface area contributed by atoms with E-state index < -0.39 is 11.4 Å². The van der Waals surface area contributed by atoms with Gasteiger partial charge in [0, 0.05) is 5.25 Å².